The van der Waals surface area contributed by atoms with Gasteiger partial charge in [0.1, 0.15) is 35.8 Å². The molecule has 17 heteroatoms. The van der Waals surface area contributed by atoms with Crippen LogP contribution in [-0.4, -0.2) is 122 Å². The molecule has 3 fully saturated rings. The summed E-state index contributed by atoms with van der Waals surface area (Å²) in [6.07, 6.45) is -13.8. The van der Waals surface area contributed by atoms with Crippen LogP contribution in [-0.2, 0) is 42.9 Å². The number of amides is 1. The maximum Gasteiger partial charge on any atom is 0.338 e. The van der Waals surface area contributed by atoms with Gasteiger partial charge in [0.2, 0.25) is 0 Å². The highest BCUT2D eigenvalue weighted by atomic mass is 16.6. The normalized spacial score (nSPS) is 32.4. The molecule has 0 spiro atoms. The number of ketones is 1. The van der Waals surface area contributed by atoms with Gasteiger partial charge in [-0.25, -0.2) is 9.59 Å². The Morgan fingerprint density at radius 2 is 1.42 bits per heavy atom. The Bertz CT molecular complexity index is 2370. The Hall–Kier alpha value is -5.98. The number of ether oxygens (including phenoxy) is 5. The Morgan fingerprint density at radius 3 is 1.97 bits per heavy atom. The zero-order valence-corrected chi connectivity index (χ0v) is 35.9. The molecule has 3 aliphatic carbocycles. The van der Waals surface area contributed by atoms with Gasteiger partial charge in [0, 0.05) is 31.2 Å². The molecule has 0 unspecified atom stereocenters. The first-order valence-electron chi connectivity index (χ1n) is 20.7. The van der Waals surface area contributed by atoms with Crippen molar-refractivity contribution in [2.45, 2.75) is 108 Å². The molecule has 0 aromatic heterocycles. The Morgan fingerprint density at radius 1 is 0.828 bits per heavy atom. The van der Waals surface area contributed by atoms with Crippen molar-refractivity contribution in [1.29, 1.82) is 0 Å². The molecule has 3 aromatic carbocycles. The van der Waals surface area contributed by atoms with Crippen LogP contribution in [0.25, 0.3) is 0 Å². The molecule has 7 rings (SSSR count). The second-order valence-electron chi connectivity index (χ2n) is 17.7. The first kappa shape index (κ1) is 46.0. The fourth-order valence-electron chi connectivity index (χ4n) is 10.3. The number of aromatic hydroxyl groups is 1. The fraction of sp³-hybridized carbons (Fsp3) is 0.447. The third-order valence-electron chi connectivity index (χ3n) is 13.6. The van der Waals surface area contributed by atoms with E-state index in [0.717, 1.165) is 13.8 Å². The zero-order valence-electron chi connectivity index (χ0n) is 35.9. The molecular formula is C47H51NO16. The highest BCUT2D eigenvalue weighted by Gasteiger charge is 2.80. The molecule has 1 aliphatic heterocycles. The second kappa shape index (κ2) is 16.9. The van der Waals surface area contributed by atoms with E-state index in [-0.39, 0.29) is 33.6 Å². The molecule has 0 radical (unpaired) electrons. The molecule has 6 N–H and O–H groups in total. The van der Waals surface area contributed by atoms with Gasteiger partial charge in [-0.05, 0) is 67.0 Å². The lowest BCUT2D eigenvalue weighted by molar-refractivity contribution is -0.369. The van der Waals surface area contributed by atoms with E-state index in [0.29, 0.717) is 0 Å². The molecule has 2 bridgehead atoms. The van der Waals surface area contributed by atoms with Crippen molar-refractivity contribution < 1.29 is 78.0 Å². The summed E-state index contributed by atoms with van der Waals surface area (Å²) < 4.78 is 29.9. The maximum absolute atomic E-state index is 15.5. The van der Waals surface area contributed by atoms with E-state index in [1.54, 1.807) is 36.4 Å². The predicted molar refractivity (Wildman–Crippen MR) is 221 cm³/mol. The SMILES string of the molecule is CC(=O)O[C@H]1C(=O)[C@@]2(C)[C@H]([C@H](OC(=O)c3ccccc3)[C@]3(O)C[C@H](OC(=O)[C@H](O)[C@@H](NC(=O)c4ccccc4)c4ccc(O)cc4)C(C)=C1C3(C)C)[C@]1(OC(C)=O)CO[C@@H]1[C@H](O)[C@@H]2O. The lowest BCUT2D eigenvalue weighted by Crippen LogP contribution is -2.85. The summed E-state index contributed by atoms with van der Waals surface area (Å²) in [6, 6.07) is 19.4. The van der Waals surface area contributed by atoms with Crippen molar-refractivity contribution in [3.8, 4) is 5.75 Å². The third kappa shape index (κ3) is 7.44. The van der Waals surface area contributed by atoms with Crippen LogP contribution in [0.5, 0.6) is 5.75 Å². The number of phenolic OH excluding ortho intramolecular Hbond substituents is 1. The van der Waals surface area contributed by atoms with E-state index in [2.05, 4.69) is 5.32 Å². The van der Waals surface area contributed by atoms with Gasteiger partial charge in [-0.15, -0.1) is 0 Å². The summed E-state index contributed by atoms with van der Waals surface area (Å²) in [7, 11) is 0. The second-order valence-corrected chi connectivity index (χ2v) is 17.7. The van der Waals surface area contributed by atoms with Gasteiger partial charge in [0.25, 0.3) is 5.91 Å². The minimum atomic E-state index is -2.51. The number of benzene rings is 3. The summed E-state index contributed by atoms with van der Waals surface area (Å²) in [5.41, 5.74) is -8.35. The summed E-state index contributed by atoms with van der Waals surface area (Å²) in [5, 5.41) is 61.8. The van der Waals surface area contributed by atoms with Crippen molar-refractivity contribution in [2.75, 3.05) is 6.61 Å². The summed E-state index contributed by atoms with van der Waals surface area (Å²) in [4.78, 5) is 83.6. The minimum Gasteiger partial charge on any atom is -0.508 e. The number of hydrogen-bond donors (Lipinski definition) is 6. The topological polar surface area (TPSA) is 262 Å². The third-order valence-corrected chi connectivity index (χ3v) is 13.6. The van der Waals surface area contributed by atoms with Crippen LogP contribution in [0.15, 0.2) is 96.1 Å². The number of hydrogen-bond acceptors (Lipinski definition) is 16. The molecule has 64 heavy (non-hydrogen) atoms. The average molecular weight is 886 g/mol. The van der Waals surface area contributed by atoms with Crippen LogP contribution in [0.4, 0.5) is 0 Å². The Labute approximate surface area is 367 Å². The van der Waals surface area contributed by atoms with Crippen LogP contribution >= 0.6 is 0 Å². The van der Waals surface area contributed by atoms with Crippen LogP contribution < -0.4 is 5.32 Å². The van der Waals surface area contributed by atoms with Crippen LogP contribution in [0, 0.1) is 16.7 Å². The van der Waals surface area contributed by atoms with Crippen LogP contribution in [0.1, 0.15) is 80.3 Å². The van der Waals surface area contributed by atoms with Crippen molar-refractivity contribution >= 4 is 35.6 Å². The Balaban J connectivity index is 1.40. The molecule has 4 aliphatic rings. The largest absolute Gasteiger partial charge is 0.508 e. The number of rotatable bonds is 10. The van der Waals surface area contributed by atoms with E-state index < -0.39 is 125 Å². The van der Waals surface area contributed by atoms with Gasteiger partial charge in [0.05, 0.1) is 35.6 Å². The molecular weight excluding hydrogens is 835 g/mol. The van der Waals surface area contributed by atoms with Crippen molar-refractivity contribution in [3.05, 3.63) is 113 Å². The molecule has 1 heterocycles. The van der Waals surface area contributed by atoms with Crippen LogP contribution in [0.3, 0.4) is 0 Å². The van der Waals surface area contributed by atoms with Gasteiger partial charge in [-0.2, -0.15) is 0 Å². The number of nitrogens with one attached hydrogen (secondary N) is 1. The smallest absolute Gasteiger partial charge is 0.338 e. The summed E-state index contributed by atoms with van der Waals surface area (Å²) in [5.74, 6) is -7.83. The van der Waals surface area contributed by atoms with Crippen molar-refractivity contribution in [1.82, 2.24) is 5.32 Å². The highest BCUT2D eigenvalue weighted by Crippen LogP contribution is 2.64. The lowest BCUT2D eigenvalue weighted by atomic mass is 9.44. The van der Waals surface area contributed by atoms with E-state index in [1.807, 2.05) is 0 Å². The molecule has 340 valence electrons. The molecule has 12 atom stereocenters. The molecule has 17 nitrogen and oxygen atoms in total. The number of carbonyl (C=O) groups excluding carboxylic acids is 6. The number of aliphatic hydroxyl groups is 4. The highest BCUT2D eigenvalue weighted by molar-refractivity contribution is 5.96. The first-order valence-corrected chi connectivity index (χ1v) is 20.7. The molecule has 3 aromatic rings. The number of phenols is 1. The van der Waals surface area contributed by atoms with Gasteiger partial charge in [0.15, 0.2) is 23.6 Å². The van der Waals surface area contributed by atoms with Crippen LogP contribution in [0.2, 0.25) is 0 Å². The van der Waals surface area contributed by atoms with Gasteiger partial charge >= 0.3 is 23.9 Å². The van der Waals surface area contributed by atoms with E-state index in [1.165, 1.54) is 76.2 Å². The average Bonchev–Trinajstić information content (AvgIpc) is 3.24. The van der Waals surface area contributed by atoms with Crippen molar-refractivity contribution in [3.63, 3.8) is 0 Å². The van der Waals surface area contributed by atoms with Gasteiger partial charge in [-0.3, -0.25) is 19.2 Å². The first-order chi connectivity index (χ1) is 30.1. The fourth-order valence-corrected chi connectivity index (χ4v) is 10.3. The quantitative estimate of drug-likeness (QED) is 0.0970. The lowest BCUT2D eigenvalue weighted by Gasteiger charge is -2.68. The summed E-state index contributed by atoms with van der Waals surface area (Å²) in [6.45, 7) is 7.27. The van der Waals surface area contributed by atoms with E-state index in [9.17, 15) is 49.5 Å². The standard InChI is InChI=1S/C47H51NO16/c1-23-30(62-43(58)33(52)32(26-17-19-29(51)20-18-26)48-41(56)27-13-9-7-10-14-27)21-47(59)40(63-42(57)28-15-11-8-12-16-28)36-45(6,38(55)35(61-24(2)49)31(23)44(47,4)5)37(54)34(53)39-46(36,22-60-39)64-25(3)50/h7-20,30,32-37,39-40,51-54,59H,21-22H2,1-6H3,(H,48,56)/t30-,32-,33+,34+,35+,36-,37-,39+,40-,45-,46+,47+/m0/s1. The minimum absolute atomic E-state index is 0.00259. The zero-order chi connectivity index (χ0) is 46.7. The Kier molecular flexibility index (Phi) is 12.1. The number of carbonyl (C=O) groups is 6. The predicted octanol–water partition coefficient (Wildman–Crippen LogP) is 2.41. The van der Waals surface area contributed by atoms with Gasteiger partial charge in [-0.1, -0.05) is 62.4 Å². The number of fused-ring (bicyclic) bond motifs is 5. The van der Waals surface area contributed by atoms with E-state index in [4.69, 9.17) is 23.7 Å². The maximum atomic E-state index is 15.5. The monoisotopic (exact) mass is 885 g/mol. The molecule has 1 saturated heterocycles. The number of esters is 4. The number of aliphatic hydroxyl groups excluding tert-OH is 3. The van der Waals surface area contributed by atoms with Gasteiger partial charge < -0.3 is 54.5 Å². The van der Waals surface area contributed by atoms with E-state index >= 15 is 4.79 Å². The van der Waals surface area contributed by atoms with Crippen molar-refractivity contribution in [2.24, 2.45) is 16.7 Å². The summed E-state index contributed by atoms with van der Waals surface area (Å²) >= 11 is 0. The molecule has 2 saturated carbocycles. The molecule has 1 amide bonds. The number of Topliss-reactive ketones (excluding diaryl/α,β-unsaturated/α-hetero) is 1.